The zero-order valence-electron chi connectivity index (χ0n) is 24.8. The third-order valence-corrected chi connectivity index (χ3v) is 12.6. The Balaban J connectivity index is 1.19. The van der Waals surface area contributed by atoms with Gasteiger partial charge in [-0.2, -0.15) is 0 Å². The van der Waals surface area contributed by atoms with Crippen LogP contribution in [0.1, 0.15) is 43.2 Å². The molecule has 2 nitrogen and oxygen atoms in total. The van der Waals surface area contributed by atoms with E-state index in [1.807, 2.05) is 34.9 Å². The van der Waals surface area contributed by atoms with E-state index in [9.17, 15) is 0 Å². The third-order valence-electron chi connectivity index (χ3n) is 10.3. The zero-order valence-corrected chi connectivity index (χ0v) is 26.4. The Morgan fingerprint density at radius 3 is 2.09 bits per heavy atom. The van der Waals surface area contributed by atoms with Gasteiger partial charge in [0.15, 0.2) is 0 Å². The summed E-state index contributed by atoms with van der Waals surface area (Å²) in [5.74, 6) is 0. The van der Waals surface area contributed by atoms with E-state index in [-0.39, 0.29) is 5.41 Å². The van der Waals surface area contributed by atoms with Crippen molar-refractivity contribution < 1.29 is 0 Å². The lowest BCUT2D eigenvalue weighted by molar-refractivity contribution is 0.346. The van der Waals surface area contributed by atoms with Gasteiger partial charge in [-0.1, -0.05) is 67.8 Å². The van der Waals surface area contributed by atoms with Gasteiger partial charge in [-0.05, 0) is 90.7 Å². The molecule has 216 valence electrons. The van der Waals surface area contributed by atoms with Gasteiger partial charge in [-0.15, -0.1) is 22.7 Å². The Labute approximate surface area is 269 Å². The van der Waals surface area contributed by atoms with E-state index in [2.05, 4.69) is 114 Å². The molecule has 1 fully saturated rings. The van der Waals surface area contributed by atoms with Gasteiger partial charge in [-0.25, -0.2) is 0 Å². The highest BCUT2D eigenvalue weighted by atomic mass is 32.1. The molecule has 1 aliphatic rings. The van der Waals surface area contributed by atoms with Gasteiger partial charge in [0, 0.05) is 58.3 Å². The summed E-state index contributed by atoms with van der Waals surface area (Å²) >= 11 is 3.73. The summed E-state index contributed by atoms with van der Waals surface area (Å²) in [5.41, 5.74) is 7.75. The monoisotopic (exact) mass is 614 g/mol. The van der Waals surface area contributed by atoms with E-state index in [1.54, 1.807) is 0 Å². The molecule has 0 N–H and O–H groups in total. The summed E-state index contributed by atoms with van der Waals surface area (Å²) in [6, 6.07) is 43.6. The van der Waals surface area contributed by atoms with Crippen LogP contribution >= 0.6 is 22.7 Å². The minimum Gasteiger partial charge on any atom is -0.309 e. The first kappa shape index (κ1) is 25.8. The first-order chi connectivity index (χ1) is 22.3. The van der Waals surface area contributed by atoms with E-state index in [1.165, 1.54) is 106 Å². The fraction of sp³-hybridized carbons (Fsp3) is 0.146. The summed E-state index contributed by atoms with van der Waals surface area (Å²) < 4.78 is 7.74. The highest BCUT2D eigenvalue weighted by Crippen LogP contribution is 2.48. The van der Waals surface area contributed by atoms with Crippen molar-refractivity contribution in [3.05, 3.63) is 133 Å². The van der Waals surface area contributed by atoms with Crippen molar-refractivity contribution in [1.29, 1.82) is 0 Å². The summed E-state index contributed by atoms with van der Waals surface area (Å²) in [6.07, 6.45) is 8.15. The van der Waals surface area contributed by atoms with Crippen molar-refractivity contribution in [2.24, 2.45) is 0 Å². The van der Waals surface area contributed by atoms with Crippen LogP contribution in [-0.2, 0) is 5.41 Å². The number of rotatable bonds is 3. The van der Waals surface area contributed by atoms with Crippen LogP contribution in [0.3, 0.4) is 0 Å². The molecule has 10 rings (SSSR count). The van der Waals surface area contributed by atoms with E-state index in [0.717, 1.165) is 5.52 Å². The fourth-order valence-electron chi connectivity index (χ4n) is 8.20. The van der Waals surface area contributed by atoms with Crippen LogP contribution in [0.2, 0.25) is 0 Å². The van der Waals surface area contributed by atoms with Crippen LogP contribution in [0, 0.1) is 0 Å². The number of hydrogen-bond donors (Lipinski definition) is 0. The van der Waals surface area contributed by atoms with Crippen molar-refractivity contribution >= 4 is 85.0 Å². The Morgan fingerprint density at radius 1 is 0.511 bits per heavy atom. The molecule has 1 saturated carbocycles. The van der Waals surface area contributed by atoms with E-state index < -0.39 is 0 Å². The lowest BCUT2D eigenvalue weighted by Crippen LogP contribution is -2.30. The maximum atomic E-state index is 4.75. The largest absolute Gasteiger partial charge is 0.309 e. The summed E-state index contributed by atoms with van der Waals surface area (Å²) in [7, 11) is 0. The molecule has 4 aromatic heterocycles. The highest BCUT2D eigenvalue weighted by molar-refractivity contribution is 7.26. The lowest BCUT2D eigenvalue weighted by Gasteiger charge is -2.39. The molecule has 0 radical (unpaired) electrons. The smallest absolute Gasteiger partial charge is 0.0889 e. The maximum absolute atomic E-state index is 4.75. The average Bonchev–Trinajstić information content (AvgIpc) is 3.77. The first-order valence-corrected chi connectivity index (χ1v) is 17.6. The second-order valence-electron chi connectivity index (χ2n) is 12.7. The number of nitrogens with zero attached hydrogens (tertiary/aromatic N) is 2. The number of hydrogen-bond acceptors (Lipinski definition) is 3. The third kappa shape index (κ3) is 3.76. The van der Waals surface area contributed by atoms with Crippen LogP contribution in [0.4, 0.5) is 0 Å². The van der Waals surface area contributed by atoms with Gasteiger partial charge < -0.3 is 4.57 Å². The van der Waals surface area contributed by atoms with Gasteiger partial charge in [0.2, 0.25) is 0 Å². The fourth-order valence-corrected chi connectivity index (χ4v) is 10.3. The van der Waals surface area contributed by atoms with Gasteiger partial charge in [-0.3, -0.25) is 4.98 Å². The van der Waals surface area contributed by atoms with Gasteiger partial charge in [0.25, 0.3) is 0 Å². The Morgan fingerprint density at radius 2 is 1.18 bits per heavy atom. The Hall–Kier alpha value is -4.51. The second-order valence-corrected chi connectivity index (χ2v) is 14.8. The SMILES string of the molecule is c1ccc2c(c1)sc1ccc(C3(c4ccc5c(c4)c4ccccc4n5-c4ccc5sc6cccnc6c5c4)CCCCC3)cc12. The second kappa shape index (κ2) is 9.74. The Bertz CT molecular complexity index is 2590. The molecule has 0 spiro atoms. The van der Waals surface area contributed by atoms with Crippen LogP contribution in [0.25, 0.3) is 68.0 Å². The van der Waals surface area contributed by atoms with Gasteiger partial charge >= 0.3 is 0 Å². The summed E-state index contributed by atoms with van der Waals surface area (Å²) in [5, 5.41) is 6.67. The van der Waals surface area contributed by atoms with Crippen LogP contribution < -0.4 is 0 Å². The molecule has 4 heterocycles. The molecule has 0 amide bonds. The quantitative estimate of drug-likeness (QED) is 0.194. The number of thiophene rings is 2. The molecular formula is C41H30N2S2. The number of para-hydroxylation sites is 1. The topological polar surface area (TPSA) is 17.8 Å². The first-order valence-electron chi connectivity index (χ1n) is 16.0. The van der Waals surface area contributed by atoms with Gasteiger partial charge in [0.1, 0.15) is 0 Å². The molecule has 0 saturated heterocycles. The molecule has 45 heavy (non-hydrogen) atoms. The molecule has 0 unspecified atom stereocenters. The molecule has 4 heteroatoms. The minimum atomic E-state index is 0.0209. The van der Waals surface area contributed by atoms with Crippen molar-refractivity contribution in [2.45, 2.75) is 37.5 Å². The van der Waals surface area contributed by atoms with E-state index >= 15 is 0 Å². The van der Waals surface area contributed by atoms with Crippen LogP contribution in [0.15, 0.2) is 121 Å². The molecule has 1 aliphatic carbocycles. The predicted molar refractivity (Wildman–Crippen MR) is 195 cm³/mol. The molecule has 0 aliphatic heterocycles. The number of pyridine rings is 1. The van der Waals surface area contributed by atoms with Crippen LogP contribution in [-0.4, -0.2) is 9.55 Å². The molecular weight excluding hydrogens is 585 g/mol. The van der Waals surface area contributed by atoms with Gasteiger partial charge in [0.05, 0.1) is 21.3 Å². The summed E-state index contributed by atoms with van der Waals surface area (Å²) in [4.78, 5) is 4.75. The normalized spacial score (nSPS) is 15.3. The van der Waals surface area contributed by atoms with Crippen LogP contribution in [0.5, 0.6) is 0 Å². The zero-order chi connectivity index (χ0) is 29.5. The van der Waals surface area contributed by atoms with E-state index in [4.69, 9.17) is 4.98 Å². The van der Waals surface area contributed by atoms with Crippen molar-refractivity contribution in [2.75, 3.05) is 0 Å². The number of fused-ring (bicyclic) bond motifs is 9. The minimum absolute atomic E-state index is 0.0209. The number of benzene rings is 5. The number of aromatic nitrogens is 2. The summed E-state index contributed by atoms with van der Waals surface area (Å²) in [6.45, 7) is 0. The van der Waals surface area contributed by atoms with Crippen molar-refractivity contribution in [3.63, 3.8) is 0 Å². The average molecular weight is 615 g/mol. The lowest BCUT2D eigenvalue weighted by atomic mass is 9.65. The maximum Gasteiger partial charge on any atom is 0.0889 e. The molecule has 9 aromatic rings. The highest BCUT2D eigenvalue weighted by Gasteiger charge is 2.36. The predicted octanol–water partition coefficient (Wildman–Crippen LogP) is 12.2. The standard InChI is InChI=1S/C41H30N2S2/c1-6-20-41(21-7-1,27-15-18-37-32(24-27)30-10-3-5-12-36(30)44-37)26-14-17-35-31(23-26)29-9-2-4-11-34(29)43(35)28-16-19-38-33(25-28)40-39(45-38)13-8-22-42-40/h2-5,8-19,22-25H,1,6-7,20-21H2. The van der Waals surface area contributed by atoms with Crippen molar-refractivity contribution in [1.82, 2.24) is 9.55 Å². The molecule has 0 bridgehead atoms. The molecule has 0 atom stereocenters. The van der Waals surface area contributed by atoms with E-state index in [0.29, 0.717) is 0 Å². The van der Waals surface area contributed by atoms with Crippen molar-refractivity contribution in [3.8, 4) is 5.69 Å². The Kier molecular flexibility index (Phi) is 5.58. The molecule has 5 aromatic carbocycles.